The normalized spacial score (nSPS) is 41.7. The molecule has 4 bridgehead atoms. The van der Waals surface area contributed by atoms with E-state index in [0.717, 1.165) is 37.4 Å². The summed E-state index contributed by atoms with van der Waals surface area (Å²) >= 11 is 0. The largest absolute Gasteiger partial charge is 0.380 e. The fraction of sp³-hybridized carbons (Fsp3) is 1.00. The zero-order chi connectivity index (χ0) is 13.3. The predicted octanol–water partition coefficient (Wildman–Crippen LogP) is 2.85. The number of nitrogens with two attached hydrogens (primary N) is 1. The topological polar surface area (TPSA) is 47.3 Å². The molecule has 0 aromatic carbocycles. The second kappa shape index (κ2) is 5.71. The maximum absolute atomic E-state index is 5.75. The molecule has 1 atom stereocenters. The van der Waals surface area contributed by atoms with Crippen molar-refractivity contribution in [1.29, 1.82) is 0 Å². The highest BCUT2D eigenvalue weighted by atomic mass is 16.5. The lowest BCUT2D eigenvalue weighted by atomic mass is 9.48. The maximum Gasteiger partial charge on any atom is 0.0633 e. The number of ether oxygens (including phenoxy) is 1. The van der Waals surface area contributed by atoms with Crippen LogP contribution in [0.3, 0.4) is 0 Å². The van der Waals surface area contributed by atoms with Crippen LogP contribution in [-0.4, -0.2) is 19.3 Å². The smallest absolute Gasteiger partial charge is 0.0633 e. The third kappa shape index (κ3) is 2.98. The molecule has 0 amide bonds. The van der Waals surface area contributed by atoms with Crippen LogP contribution in [0.4, 0.5) is 0 Å². The molecule has 1 unspecified atom stereocenters. The summed E-state index contributed by atoms with van der Waals surface area (Å²) in [6.07, 6.45) is 11.3. The first-order chi connectivity index (χ1) is 9.23. The first kappa shape index (κ1) is 13.8. The van der Waals surface area contributed by atoms with E-state index in [0.29, 0.717) is 11.5 Å². The summed E-state index contributed by atoms with van der Waals surface area (Å²) in [5.41, 5.74) is 3.61. The van der Waals surface area contributed by atoms with Crippen LogP contribution in [0.15, 0.2) is 0 Å². The first-order valence-electron chi connectivity index (χ1n) is 8.27. The van der Waals surface area contributed by atoms with Gasteiger partial charge in [-0.1, -0.05) is 6.92 Å². The molecule has 3 N–H and O–H groups in total. The summed E-state index contributed by atoms with van der Waals surface area (Å²) in [7, 11) is 0. The lowest BCUT2D eigenvalue weighted by Gasteiger charge is -2.57. The standard InChI is InChI=1S/C16H30N2O/c1-2-3-19-11-15(18-17)10-16-7-12-4-13(8-16)6-14(5-12)9-16/h12-15,18H,2-11,17H2,1H3. The van der Waals surface area contributed by atoms with E-state index in [9.17, 15) is 0 Å². The van der Waals surface area contributed by atoms with E-state index in [1.54, 1.807) is 0 Å². The first-order valence-corrected chi connectivity index (χ1v) is 8.27. The molecule has 110 valence electrons. The summed E-state index contributed by atoms with van der Waals surface area (Å²) in [6.45, 7) is 3.80. The van der Waals surface area contributed by atoms with Crippen LogP contribution in [0.1, 0.15) is 58.3 Å². The molecule has 0 heterocycles. The van der Waals surface area contributed by atoms with Gasteiger partial charge in [-0.25, -0.2) is 0 Å². The number of hydrazine groups is 1. The molecule has 4 saturated carbocycles. The highest BCUT2D eigenvalue weighted by Gasteiger charge is 2.51. The van der Waals surface area contributed by atoms with Crippen molar-refractivity contribution in [2.75, 3.05) is 13.2 Å². The van der Waals surface area contributed by atoms with Gasteiger partial charge < -0.3 is 4.74 Å². The minimum absolute atomic E-state index is 0.350. The van der Waals surface area contributed by atoms with Crippen molar-refractivity contribution in [3.8, 4) is 0 Å². The molecule has 0 aromatic heterocycles. The number of hydrogen-bond donors (Lipinski definition) is 2. The molecule has 0 radical (unpaired) electrons. The monoisotopic (exact) mass is 266 g/mol. The zero-order valence-corrected chi connectivity index (χ0v) is 12.4. The Bertz CT molecular complexity index is 270. The molecule has 19 heavy (non-hydrogen) atoms. The average Bonchev–Trinajstić information content (AvgIpc) is 2.36. The van der Waals surface area contributed by atoms with Gasteiger partial charge in [0.2, 0.25) is 0 Å². The number of nitrogens with one attached hydrogen (secondary N) is 1. The summed E-state index contributed by atoms with van der Waals surface area (Å²) in [4.78, 5) is 0. The summed E-state index contributed by atoms with van der Waals surface area (Å²) in [5, 5.41) is 0. The predicted molar refractivity (Wildman–Crippen MR) is 77.4 cm³/mol. The van der Waals surface area contributed by atoms with Crippen LogP contribution in [0.25, 0.3) is 0 Å². The lowest BCUT2D eigenvalue weighted by Crippen LogP contribution is -2.50. The minimum Gasteiger partial charge on any atom is -0.380 e. The second-order valence-corrected chi connectivity index (χ2v) is 7.56. The Hall–Kier alpha value is -0.120. The summed E-state index contributed by atoms with van der Waals surface area (Å²) in [5.74, 6) is 8.84. The third-order valence-electron chi connectivity index (χ3n) is 5.75. The second-order valence-electron chi connectivity index (χ2n) is 7.56. The van der Waals surface area contributed by atoms with Gasteiger partial charge in [0.1, 0.15) is 0 Å². The Morgan fingerprint density at radius 3 is 2.21 bits per heavy atom. The van der Waals surface area contributed by atoms with Crippen molar-refractivity contribution in [3.63, 3.8) is 0 Å². The van der Waals surface area contributed by atoms with E-state index in [2.05, 4.69) is 12.3 Å². The molecule has 4 rings (SSSR count). The van der Waals surface area contributed by atoms with Crippen molar-refractivity contribution < 1.29 is 4.74 Å². The van der Waals surface area contributed by atoms with Gasteiger partial charge in [0.25, 0.3) is 0 Å². The highest BCUT2D eigenvalue weighted by molar-refractivity contribution is 5.02. The van der Waals surface area contributed by atoms with Crippen molar-refractivity contribution >= 4 is 0 Å². The van der Waals surface area contributed by atoms with Crippen molar-refractivity contribution in [2.45, 2.75) is 64.3 Å². The number of hydrogen-bond acceptors (Lipinski definition) is 3. The molecule has 4 aliphatic carbocycles. The molecular formula is C16H30N2O. The van der Waals surface area contributed by atoms with Gasteiger partial charge in [0.05, 0.1) is 6.61 Å². The van der Waals surface area contributed by atoms with Crippen LogP contribution < -0.4 is 11.3 Å². The quantitative estimate of drug-likeness (QED) is 0.423. The fourth-order valence-corrected chi connectivity index (χ4v) is 5.60. The van der Waals surface area contributed by atoms with Crippen LogP contribution in [-0.2, 0) is 4.74 Å². The maximum atomic E-state index is 5.75. The highest BCUT2D eigenvalue weighted by Crippen LogP contribution is 2.61. The molecular weight excluding hydrogens is 236 g/mol. The Labute approximate surface area is 117 Å². The SMILES string of the molecule is CCCOCC(CC12CC3CC(CC(C3)C1)C2)NN. The molecule has 0 aliphatic heterocycles. The van der Waals surface area contributed by atoms with Gasteiger partial charge in [-0.05, 0) is 74.5 Å². The van der Waals surface area contributed by atoms with E-state index in [-0.39, 0.29) is 0 Å². The van der Waals surface area contributed by atoms with Crippen LogP contribution >= 0.6 is 0 Å². The van der Waals surface area contributed by atoms with E-state index < -0.39 is 0 Å². The zero-order valence-electron chi connectivity index (χ0n) is 12.4. The summed E-state index contributed by atoms with van der Waals surface area (Å²) in [6, 6.07) is 0.350. The molecule has 0 saturated heterocycles. The van der Waals surface area contributed by atoms with Crippen LogP contribution in [0.2, 0.25) is 0 Å². The van der Waals surface area contributed by atoms with Gasteiger partial charge in [0.15, 0.2) is 0 Å². The van der Waals surface area contributed by atoms with Gasteiger partial charge in [-0.2, -0.15) is 0 Å². The van der Waals surface area contributed by atoms with E-state index in [1.165, 1.54) is 44.9 Å². The Kier molecular flexibility index (Phi) is 4.16. The molecule has 3 heteroatoms. The Morgan fingerprint density at radius 1 is 1.16 bits per heavy atom. The fourth-order valence-electron chi connectivity index (χ4n) is 5.60. The molecule has 0 spiro atoms. The van der Waals surface area contributed by atoms with Crippen LogP contribution in [0, 0.1) is 23.2 Å². The van der Waals surface area contributed by atoms with Gasteiger partial charge in [0, 0.05) is 12.6 Å². The summed E-state index contributed by atoms with van der Waals surface area (Å²) < 4.78 is 5.71. The molecule has 4 aliphatic rings. The van der Waals surface area contributed by atoms with E-state index in [4.69, 9.17) is 10.6 Å². The molecule has 0 aromatic rings. The minimum atomic E-state index is 0.350. The average molecular weight is 266 g/mol. The lowest BCUT2D eigenvalue weighted by molar-refractivity contribution is -0.0664. The molecule has 4 fully saturated rings. The Morgan fingerprint density at radius 2 is 1.74 bits per heavy atom. The van der Waals surface area contributed by atoms with Gasteiger partial charge in [-0.15, -0.1) is 0 Å². The Balaban J connectivity index is 1.58. The van der Waals surface area contributed by atoms with E-state index >= 15 is 0 Å². The van der Waals surface area contributed by atoms with Gasteiger partial charge >= 0.3 is 0 Å². The molecule has 3 nitrogen and oxygen atoms in total. The van der Waals surface area contributed by atoms with Gasteiger partial charge in [-0.3, -0.25) is 11.3 Å². The van der Waals surface area contributed by atoms with Crippen LogP contribution in [0.5, 0.6) is 0 Å². The van der Waals surface area contributed by atoms with E-state index in [1.807, 2.05) is 0 Å². The third-order valence-corrected chi connectivity index (χ3v) is 5.75. The van der Waals surface area contributed by atoms with Crippen molar-refractivity contribution in [1.82, 2.24) is 5.43 Å². The van der Waals surface area contributed by atoms with Crippen molar-refractivity contribution in [2.24, 2.45) is 29.0 Å². The number of rotatable bonds is 7. The van der Waals surface area contributed by atoms with Crippen molar-refractivity contribution in [3.05, 3.63) is 0 Å².